The summed E-state index contributed by atoms with van der Waals surface area (Å²) in [7, 11) is -5.13. The topological polar surface area (TPSA) is 132 Å². The van der Waals surface area contributed by atoms with Crippen molar-refractivity contribution in [3.8, 4) is 11.5 Å². The van der Waals surface area contributed by atoms with Gasteiger partial charge in [0, 0.05) is 23.8 Å². The third-order valence-corrected chi connectivity index (χ3v) is 8.41. The second-order valence-electron chi connectivity index (χ2n) is 7.52. The van der Waals surface area contributed by atoms with Gasteiger partial charge in [0.05, 0.1) is 39.4 Å². The molecule has 0 atom stereocenters. The molecule has 1 heterocycles. The van der Waals surface area contributed by atoms with E-state index < -0.39 is 32.5 Å². The van der Waals surface area contributed by atoms with E-state index in [2.05, 4.69) is 5.32 Å². The van der Waals surface area contributed by atoms with Gasteiger partial charge in [-0.25, -0.2) is 16.8 Å². The fourth-order valence-corrected chi connectivity index (χ4v) is 6.06. The van der Waals surface area contributed by atoms with Crippen LogP contribution in [0.5, 0.6) is 11.5 Å². The quantitative estimate of drug-likeness (QED) is 0.502. The first kappa shape index (κ1) is 27.0. The van der Waals surface area contributed by atoms with E-state index in [1.807, 2.05) is 0 Å². The first-order chi connectivity index (χ1) is 16.5. The van der Waals surface area contributed by atoms with Crippen LogP contribution >= 0.6 is 11.6 Å². The zero-order valence-corrected chi connectivity index (χ0v) is 21.7. The Kier molecular flexibility index (Phi) is 8.49. The Hall–Kier alpha value is -2.58. The highest BCUT2D eigenvalue weighted by molar-refractivity contribution is 7.92. The maximum absolute atomic E-state index is 13.2. The van der Waals surface area contributed by atoms with Crippen molar-refractivity contribution in [3.05, 3.63) is 41.4 Å². The Balaban J connectivity index is 1.89. The summed E-state index contributed by atoms with van der Waals surface area (Å²) in [5.74, 6) is -0.399. The monoisotopic (exact) mass is 547 g/mol. The number of hydrogen-bond donors (Lipinski definition) is 1. The van der Waals surface area contributed by atoms with E-state index in [4.69, 9.17) is 25.8 Å². The molecule has 0 aliphatic carbocycles. The molecule has 1 fully saturated rings. The molecule has 35 heavy (non-hydrogen) atoms. The first-order valence-corrected chi connectivity index (χ1v) is 14.0. The van der Waals surface area contributed by atoms with Crippen LogP contribution in [0.15, 0.2) is 41.3 Å². The van der Waals surface area contributed by atoms with Crippen molar-refractivity contribution in [2.45, 2.75) is 4.90 Å². The van der Waals surface area contributed by atoms with Crippen molar-refractivity contribution >= 4 is 48.9 Å². The normalized spacial score (nSPS) is 14.9. The van der Waals surface area contributed by atoms with Crippen LogP contribution < -0.4 is 19.1 Å². The Labute approximate surface area is 209 Å². The number of rotatable bonds is 9. The minimum Gasteiger partial charge on any atom is -0.495 e. The van der Waals surface area contributed by atoms with Gasteiger partial charge in [0.15, 0.2) is 0 Å². The number of carbonyl (C=O) groups is 1. The minimum absolute atomic E-state index is 0.0861. The van der Waals surface area contributed by atoms with Crippen molar-refractivity contribution in [2.24, 2.45) is 0 Å². The second-order valence-corrected chi connectivity index (χ2v) is 11.8. The van der Waals surface area contributed by atoms with Gasteiger partial charge >= 0.3 is 0 Å². The molecule has 0 unspecified atom stereocenters. The fraction of sp³-hybridized carbons (Fsp3) is 0.381. The molecule has 0 spiro atoms. The number of nitrogens with one attached hydrogen (secondary N) is 1. The van der Waals surface area contributed by atoms with E-state index >= 15 is 0 Å². The number of benzene rings is 2. The van der Waals surface area contributed by atoms with Gasteiger partial charge < -0.3 is 19.5 Å². The zero-order chi connectivity index (χ0) is 25.8. The predicted molar refractivity (Wildman–Crippen MR) is 131 cm³/mol. The third-order valence-electron chi connectivity index (χ3n) is 5.13. The number of hydrogen-bond acceptors (Lipinski definition) is 8. The Bertz CT molecular complexity index is 1300. The fourth-order valence-electron chi connectivity index (χ4n) is 3.45. The van der Waals surface area contributed by atoms with E-state index in [9.17, 15) is 21.6 Å². The Morgan fingerprint density at radius 2 is 1.69 bits per heavy atom. The molecule has 14 heteroatoms. The highest BCUT2D eigenvalue weighted by Crippen LogP contribution is 2.33. The van der Waals surface area contributed by atoms with Crippen LogP contribution in [0.25, 0.3) is 0 Å². The van der Waals surface area contributed by atoms with Gasteiger partial charge in [-0.2, -0.15) is 4.31 Å². The first-order valence-electron chi connectivity index (χ1n) is 10.3. The summed E-state index contributed by atoms with van der Waals surface area (Å²) in [6.07, 6.45) is 0.945. The molecule has 3 rings (SSSR count). The lowest BCUT2D eigenvalue weighted by Crippen LogP contribution is -2.40. The molecular weight excluding hydrogens is 522 g/mol. The van der Waals surface area contributed by atoms with Crippen molar-refractivity contribution in [1.82, 2.24) is 4.31 Å². The number of carbonyl (C=O) groups excluding carboxylic acids is 1. The third kappa shape index (κ3) is 6.35. The van der Waals surface area contributed by atoms with Crippen LogP contribution in [0.1, 0.15) is 0 Å². The maximum atomic E-state index is 13.2. The van der Waals surface area contributed by atoms with E-state index in [-0.39, 0.29) is 59.1 Å². The molecule has 2 aromatic carbocycles. The summed E-state index contributed by atoms with van der Waals surface area (Å²) >= 11 is 6.03. The summed E-state index contributed by atoms with van der Waals surface area (Å²) in [6, 6.07) is 8.52. The number of sulfonamides is 2. The number of amides is 1. The zero-order valence-electron chi connectivity index (χ0n) is 19.4. The minimum atomic E-state index is -3.93. The average molecular weight is 548 g/mol. The summed E-state index contributed by atoms with van der Waals surface area (Å²) in [5.41, 5.74) is 0.233. The Morgan fingerprint density at radius 3 is 2.29 bits per heavy atom. The van der Waals surface area contributed by atoms with Crippen LogP contribution in [0, 0.1) is 0 Å². The van der Waals surface area contributed by atoms with Crippen molar-refractivity contribution in [1.29, 1.82) is 0 Å². The van der Waals surface area contributed by atoms with E-state index in [1.54, 1.807) is 0 Å². The largest absolute Gasteiger partial charge is 0.495 e. The van der Waals surface area contributed by atoms with Crippen LogP contribution in [0.4, 0.5) is 11.4 Å². The van der Waals surface area contributed by atoms with Crippen molar-refractivity contribution < 1.29 is 35.8 Å². The van der Waals surface area contributed by atoms with Gasteiger partial charge in [0.2, 0.25) is 26.0 Å². The lowest BCUT2D eigenvalue weighted by molar-refractivity contribution is -0.114. The molecule has 1 amide bonds. The highest BCUT2D eigenvalue weighted by atomic mass is 35.5. The lowest BCUT2D eigenvalue weighted by Gasteiger charge is -2.27. The number of halogens is 1. The van der Waals surface area contributed by atoms with E-state index in [0.29, 0.717) is 0 Å². The molecule has 1 aliphatic heterocycles. The van der Waals surface area contributed by atoms with Gasteiger partial charge in [0.1, 0.15) is 22.9 Å². The number of nitrogens with zero attached hydrogens (tertiary/aromatic N) is 2. The van der Waals surface area contributed by atoms with Gasteiger partial charge in [-0.1, -0.05) is 11.6 Å². The summed E-state index contributed by atoms with van der Waals surface area (Å²) in [6.45, 7) is 0.311. The SMILES string of the molecule is COc1ccc(Cl)cc1N(CC(=O)Nc1ccc(OC)c(S(=O)(=O)N2CCOCC2)c1)S(C)(=O)=O. The molecule has 2 aromatic rings. The summed E-state index contributed by atoms with van der Waals surface area (Å²) in [5, 5.41) is 2.80. The maximum Gasteiger partial charge on any atom is 0.246 e. The molecule has 192 valence electrons. The number of ether oxygens (including phenoxy) is 3. The van der Waals surface area contributed by atoms with Crippen LogP contribution in [-0.4, -0.2) is 80.4 Å². The van der Waals surface area contributed by atoms with Crippen molar-refractivity contribution in [3.63, 3.8) is 0 Å². The van der Waals surface area contributed by atoms with Crippen LogP contribution in [0.2, 0.25) is 5.02 Å². The highest BCUT2D eigenvalue weighted by Gasteiger charge is 2.30. The number of morpholine rings is 1. The molecule has 0 bridgehead atoms. The molecule has 11 nitrogen and oxygen atoms in total. The second kappa shape index (κ2) is 11.0. The number of anilines is 2. The van der Waals surface area contributed by atoms with Gasteiger partial charge in [-0.05, 0) is 36.4 Å². The average Bonchev–Trinajstić information content (AvgIpc) is 2.82. The van der Waals surface area contributed by atoms with E-state index in [0.717, 1.165) is 10.6 Å². The van der Waals surface area contributed by atoms with Crippen LogP contribution in [0.3, 0.4) is 0 Å². The Morgan fingerprint density at radius 1 is 1.06 bits per heavy atom. The van der Waals surface area contributed by atoms with Gasteiger partial charge in [0.25, 0.3) is 0 Å². The molecule has 1 aliphatic rings. The standard InChI is InChI=1S/C21H26ClN3O8S2/c1-31-18-6-4-15(22)12-17(18)25(34(3,27)28)14-21(26)23-16-5-7-19(32-2)20(13-16)35(29,30)24-8-10-33-11-9-24/h4-7,12-13H,8-11,14H2,1-3H3,(H,23,26). The summed E-state index contributed by atoms with van der Waals surface area (Å²) in [4.78, 5) is 12.7. The molecule has 0 saturated carbocycles. The van der Waals surface area contributed by atoms with Crippen molar-refractivity contribution in [2.75, 3.05) is 62.9 Å². The van der Waals surface area contributed by atoms with Crippen LogP contribution in [-0.2, 0) is 29.6 Å². The lowest BCUT2D eigenvalue weighted by atomic mass is 10.2. The molecule has 1 saturated heterocycles. The summed E-state index contributed by atoms with van der Waals surface area (Å²) < 4.78 is 69.1. The molecule has 1 N–H and O–H groups in total. The number of methoxy groups -OCH3 is 2. The smallest absolute Gasteiger partial charge is 0.246 e. The van der Waals surface area contributed by atoms with E-state index in [1.165, 1.54) is 54.9 Å². The molecular formula is C21H26ClN3O8S2. The van der Waals surface area contributed by atoms with Gasteiger partial charge in [-0.15, -0.1) is 0 Å². The molecule has 0 aromatic heterocycles. The molecule has 0 radical (unpaired) electrons. The predicted octanol–water partition coefficient (Wildman–Crippen LogP) is 1.78. The van der Waals surface area contributed by atoms with Gasteiger partial charge in [-0.3, -0.25) is 9.10 Å².